The lowest BCUT2D eigenvalue weighted by Gasteiger charge is -2.30. The van der Waals surface area contributed by atoms with Gasteiger partial charge in [0.2, 0.25) is 5.95 Å². The molecule has 8 nitrogen and oxygen atoms in total. The number of nitrogens with zero attached hydrogens (tertiary/aromatic N) is 6. The van der Waals surface area contributed by atoms with E-state index >= 15 is 0 Å². The third-order valence-electron chi connectivity index (χ3n) is 7.55. The van der Waals surface area contributed by atoms with Crippen LogP contribution in [-0.2, 0) is 11.3 Å². The lowest BCUT2D eigenvalue weighted by molar-refractivity contribution is 0.115. The zero-order valence-corrected chi connectivity index (χ0v) is 20.9. The summed E-state index contributed by atoms with van der Waals surface area (Å²) in [5.41, 5.74) is 3.28. The van der Waals surface area contributed by atoms with E-state index in [1.54, 1.807) is 25.6 Å². The summed E-state index contributed by atoms with van der Waals surface area (Å²) < 4.78 is 7.90. The summed E-state index contributed by atoms with van der Waals surface area (Å²) in [6.07, 6.45) is 8.87. The molecular weight excluding hydrogens is 464 g/mol. The molecule has 9 heteroatoms. The quantitative estimate of drug-likeness (QED) is 0.541. The highest BCUT2D eigenvalue weighted by molar-refractivity contribution is 6.30. The number of anilines is 1. The van der Waals surface area contributed by atoms with Gasteiger partial charge in [-0.1, -0.05) is 31.4 Å². The van der Waals surface area contributed by atoms with Crippen LogP contribution in [0.5, 0.6) is 0 Å². The predicted octanol–water partition coefficient (Wildman–Crippen LogP) is 4.43. The standard InChI is InChI=1S/C26H31ClN6O2/c1-16-3-5-17(6-4-16)13-33-25-23(31-26(33)32-14-22(35-2)9-21(32)15-34)8-20(10-28)30-24(25)18-7-19(27)12-29-11-18/h7-8,11-12,16-17,21-22,34H,3-6,9,13-15H2,1-2H3/t16?,17?,21-,22+/m0/s1. The van der Waals surface area contributed by atoms with E-state index in [0.29, 0.717) is 34.4 Å². The maximum Gasteiger partial charge on any atom is 0.207 e. The molecule has 3 aromatic heterocycles. The first-order chi connectivity index (χ1) is 17.0. The van der Waals surface area contributed by atoms with Gasteiger partial charge in [-0.15, -0.1) is 0 Å². The van der Waals surface area contributed by atoms with Gasteiger partial charge in [0.15, 0.2) is 0 Å². The zero-order chi connectivity index (χ0) is 24.5. The largest absolute Gasteiger partial charge is 0.394 e. The topological polar surface area (TPSA) is 100 Å². The average Bonchev–Trinajstić information content (AvgIpc) is 3.45. The molecule has 0 amide bonds. The van der Waals surface area contributed by atoms with E-state index in [-0.39, 0.29) is 18.8 Å². The first kappa shape index (κ1) is 24.0. The van der Waals surface area contributed by atoms with Gasteiger partial charge >= 0.3 is 0 Å². The fraction of sp³-hybridized carbons (Fsp3) is 0.538. The maximum atomic E-state index is 10.2. The molecule has 184 valence electrons. The molecule has 1 aliphatic heterocycles. The van der Waals surface area contributed by atoms with Gasteiger partial charge < -0.3 is 19.3 Å². The van der Waals surface area contributed by atoms with E-state index in [2.05, 4.69) is 27.4 Å². The Morgan fingerprint density at radius 3 is 2.69 bits per heavy atom. The Hall–Kier alpha value is -2.73. The van der Waals surface area contributed by atoms with Crippen LogP contribution in [0.1, 0.15) is 44.7 Å². The van der Waals surface area contributed by atoms with Gasteiger partial charge in [-0.25, -0.2) is 9.97 Å². The van der Waals surface area contributed by atoms with E-state index in [1.165, 1.54) is 25.7 Å². The molecule has 35 heavy (non-hydrogen) atoms. The molecule has 2 aliphatic rings. The zero-order valence-electron chi connectivity index (χ0n) is 20.2. The van der Waals surface area contributed by atoms with Gasteiger partial charge in [0.25, 0.3) is 0 Å². The Bertz CT molecular complexity index is 1250. The van der Waals surface area contributed by atoms with Crippen LogP contribution in [-0.4, -0.2) is 57.0 Å². The second kappa shape index (κ2) is 10.1. The lowest BCUT2D eigenvalue weighted by Crippen LogP contribution is -2.35. The fourth-order valence-corrected chi connectivity index (χ4v) is 5.74. The number of nitriles is 1. The van der Waals surface area contributed by atoms with Crippen molar-refractivity contribution in [2.45, 2.75) is 57.7 Å². The molecule has 1 aliphatic carbocycles. The summed E-state index contributed by atoms with van der Waals surface area (Å²) in [5.74, 6) is 2.08. The van der Waals surface area contributed by atoms with Crippen LogP contribution in [0.2, 0.25) is 5.02 Å². The highest BCUT2D eigenvalue weighted by atomic mass is 35.5. The van der Waals surface area contributed by atoms with Gasteiger partial charge in [-0.2, -0.15) is 5.26 Å². The first-order valence-electron chi connectivity index (χ1n) is 12.3. The molecule has 3 aromatic rings. The number of imidazole rings is 1. The molecule has 2 fully saturated rings. The van der Waals surface area contributed by atoms with Crippen molar-refractivity contribution in [1.29, 1.82) is 5.26 Å². The van der Waals surface area contributed by atoms with Crippen LogP contribution in [0, 0.1) is 23.2 Å². The monoisotopic (exact) mass is 494 g/mol. The van der Waals surface area contributed by atoms with Gasteiger partial charge in [-0.05, 0) is 37.2 Å². The highest BCUT2D eigenvalue weighted by Gasteiger charge is 2.36. The number of rotatable bonds is 6. The van der Waals surface area contributed by atoms with Gasteiger partial charge in [0, 0.05) is 44.2 Å². The molecule has 1 saturated heterocycles. The van der Waals surface area contributed by atoms with Crippen molar-refractivity contribution in [3.63, 3.8) is 0 Å². The number of fused-ring (bicyclic) bond motifs is 1. The van der Waals surface area contributed by atoms with Crippen LogP contribution in [0.25, 0.3) is 22.3 Å². The minimum atomic E-state index is -0.0819. The van der Waals surface area contributed by atoms with Crippen LogP contribution in [0.4, 0.5) is 5.95 Å². The van der Waals surface area contributed by atoms with E-state index in [4.69, 9.17) is 26.3 Å². The molecule has 0 unspecified atom stereocenters. The van der Waals surface area contributed by atoms with Crippen LogP contribution in [0.15, 0.2) is 24.5 Å². The molecule has 0 spiro atoms. The molecule has 4 heterocycles. The number of aliphatic hydroxyl groups excluding tert-OH is 1. The molecule has 5 rings (SSSR count). The van der Waals surface area contributed by atoms with E-state index < -0.39 is 0 Å². The number of pyridine rings is 2. The molecule has 0 radical (unpaired) electrons. The second-order valence-corrected chi connectivity index (χ2v) is 10.4. The molecule has 2 atom stereocenters. The molecule has 0 bridgehead atoms. The molecule has 0 aromatic carbocycles. The Kier molecular flexibility index (Phi) is 6.92. The Morgan fingerprint density at radius 1 is 1.20 bits per heavy atom. The van der Waals surface area contributed by atoms with Crippen molar-refractivity contribution in [2.24, 2.45) is 11.8 Å². The third kappa shape index (κ3) is 4.73. The van der Waals surface area contributed by atoms with Crippen LogP contribution < -0.4 is 4.90 Å². The molecule has 1 saturated carbocycles. The number of halogens is 1. The van der Waals surface area contributed by atoms with Crippen molar-refractivity contribution in [3.8, 4) is 17.3 Å². The summed E-state index contributed by atoms with van der Waals surface area (Å²) in [6, 6.07) is 5.67. The highest BCUT2D eigenvalue weighted by Crippen LogP contribution is 2.37. The number of methoxy groups -OCH3 is 1. The first-order valence-corrected chi connectivity index (χ1v) is 12.7. The van der Waals surface area contributed by atoms with Crippen molar-refractivity contribution in [3.05, 3.63) is 35.2 Å². The fourth-order valence-electron chi connectivity index (χ4n) is 5.57. The molecule has 1 N–H and O–H groups in total. The predicted molar refractivity (Wildman–Crippen MR) is 135 cm³/mol. The Labute approximate surface area is 210 Å². The van der Waals surface area contributed by atoms with Crippen molar-refractivity contribution in [2.75, 3.05) is 25.2 Å². The minimum absolute atomic E-state index is 0.0246. The van der Waals surface area contributed by atoms with Crippen molar-refractivity contribution in [1.82, 2.24) is 19.5 Å². The van der Waals surface area contributed by atoms with Crippen molar-refractivity contribution < 1.29 is 9.84 Å². The summed E-state index contributed by atoms with van der Waals surface area (Å²) in [4.78, 5) is 16.2. The van der Waals surface area contributed by atoms with Gasteiger partial charge in [-0.3, -0.25) is 4.98 Å². The Morgan fingerprint density at radius 2 is 2.00 bits per heavy atom. The SMILES string of the molecule is CO[C@@H]1C[C@@H](CO)N(c2nc3cc(C#N)nc(-c4cncc(Cl)c4)c3n2CC2CCC(C)CC2)C1. The molecular formula is C26H31ClN6O2. The average molecular weight is 495 g/mol. The summed E-state index contributed by atoms with van der Waals surface area (Å²) in [6.45, 7) is 3.81. The number of ether oxygens (including phenoxy) is 1. The van der Waals surface area contributed by atoms with Crippen LogP contribution >= 0.6 is 11.6 Å². The summed E-state index contributed by atoms with van der Waals surface area (Å²) in [5, 5.41) is 20.4. The number of aromatic nitrogens is 4. The Balaban J connectivity index is 1.70. The normalized spacial score (nSPS) is 24.7. The smallest absolute Gasteiger partial charge is 0.207 e. The van der Waals surface area contributed by atoms with Gasteiger partial charge in [0.1, 0.15) is 11.8 Å². The lowest BCUT2D eigenvalue weighted by atomic mass is 9.83. The minimum Gasteiger partial charge on any atom is -0.394 e. The van der Waals surface area contributed by atoms with E-state index in [0.717, 1.165) is 35.9 Å². The number of aliphatic hydroxyl groups is 1. The second-order valence-electron chi connectivity index (χ2n) is 9.96. The maximum absolute atomic E-state index is 10.2. The van der Waals surface area contributed by atoms with Crippen LogP contribution in [0.3, 0.4) is 0 Å². The van der Waals surface area contributed by atoms with Gasteiger partial charge in [0.05, 0.1) is 40.5 Å². The number of hydrogen-bond donors (Lipinski definition) is 1. The summed E-state index contributed by atoms with van der Waals surface area (Å²) >= 11 is 6.28. The third-order valence-corrected chi connectivity index (χ3v) is 7.76. The summed E-state index contributed by atoms with van der Waals surface area (Å²) in [7, 11) is 1.71. The van der Waals surface area contributed by atoms with Crippen molar-refractivity contribution >= 4 is 28.6 Å². The van der Waals surface area contributed by atoms with E-state index in [1.807, 2.05) is 6.07 Å². The van der Waals surface area contributed by atoms with E-state index in [9.17, 15) is 10.4 Å². The number of hydrogen-bond acceptors (Lipinski definition) is 7.